The van der Waals surface area contributed by atoms with Gasteiger partial charge in [0.2, 0.25) is 0 Å². The van der Waals surface area contributed by atoms with Crippen LogP contribution in [0.4, 0.5) is 0 Å². The number of benzene rings is 1. The summed E-state index contributed by atoms with van der Waals surface area (Å²) >= 11 is 12.2. The Labute approximate surface area is 183 Å². The minimum atomic E-state index is -0.134. The Morgan fingerprint density at radius 3 is 2.77 bits per heavy atom. The molecule has 1 aliphatic carbocycles. The lowest BCUT2D eigenvalue weighted by Crippen LogP contribution is -2.54. The van der Waals surface area contributed by atoms with Crippen molar-refractivity contribution in [1.29, 1.82) is 0 Å². The molecule has 1 aliphatic heterocycles. The summed E-state index contributed by atoms with van der Waals surface area (Å²) < 4.78 is 7.92. The van der Waals surface area contributed by atoms with Crippen LogP contribution in [0.15, 0.2) is 29.2 Å². The van der Waals surface area contributed by atoms with Crippen molar-refractivity contribution in [3.05, 3.63) is 50.6 Å². The summed E-state index contributed by atoms with van der Waals surface area (Å²) in [4.78, 5) is 22.6. The quantitative estimate of drug-likeness (QED) is 0.628. The van der Waals surface area contributed by atoms with Crippen LogP contribution in [0.25, 0.3) is 11.0 Å². The minimum absolute atomic E-state index is 0.0166. The maximum Gasteiger partial charge on any atom is 0.262 e. The summed E-state index contributed by atoms with van der Waals surface area (Å²) in [7, 11) is 0. The fourth-order valence-electron chi connectivity index (χ4n) is 4.35. The fraction of sp³-hybridized carbons (Fsp3) is 0.476. The number of halogens is 2. The maximum atomic E-state index is 12.6. The number of hydrogen-bond acceptors (Lipinski definition) is 5. The van der Waals surface area contributed by atoms with Gasteiger partial charge in [-0.3, -0.25) is 9.69 Å². The van der Waals surface area contributed by atoms with Gasteiger partial charge in [-0.15, -0.1) is 0 Å². The number of likely N-dealkylation sites (tertiary alicyclic amines) is 1. The van der Waals surface area contributed by atoms with Crippen LogP contribution in [-0.4, -0.2) is 43.8 Å². The van der Waals surface area contributed by atoms with Crippen molar-refractivity contribution in [2.45, 2.75) is 50.8 Å². The van der Waals surface area contributed by atoms with Crippen molar-refractivity contribution >= 4 is 34.2 Å². The highest BCUT2D eigenvalue weighted by Gasteiger charge is 2.34. The fourth-order valence-corrected chi connectivity index (χ4v) is 4.67. The van der Waals surface area contributed by atoms with Gasteiger partial charge in [-0.1, -0.05) is 36.0 Å². The summed E-state index contributed by atoms with van der Waals surface area (Å²) in [6.45, 7) is 3.48. The molecule has 3 heterocycles. The number of nitrogens with zero attached hydrogens (tertiary/aromatic N) is 4. The number of fused-ring (bicyclic) bond motifs is 1. The molecule has 0 radical (unpaired) electrons. The van der Waals surface area contributed by atoms with Crippen molar-refractivity contribution in [2.24, 2.45) is 0 Å². The molecule has 1 atom stereocenters. The third-order valence-electron chi connectivity index (χ3n) is 6.16. The largest absolute Gasteiger partial charge is 0.486 e. The van der Waals surface area contributed by atoms with Gasteiger partial charge in [-0.2, -0.15) is 5.10 Å². The minimum Gasteiger partial charge on any atom is -0.486 e. The molecule has 2 aliphatic rings. The van der Waals surface area contributed by atoms with Crippen LogP contribution < -0.4 is 10.3 Å². The zero-order valence-electron chi connectivity index (χ0n) is 16.6. The van der Waals surface area contributed by atoms with Crippen LogP contribution in [0.3, 0.4) is 0 Å². The third kappa shape index (κ3) is 3.59. The first-order chi connectivity index (χ1) is 14.5. The van der Waals surface area contributed by atoms with Gasteiger partial charge in [0.25, 0.3) is 5.56 Å². The van der Waals surface area contributed by atoms with Gasteiger partial charge in [0.1, 0.15) is 23.1 Å². The average Bonchev–Trinajstić information content (AvgIpc) is 3.35. The molecule has 0 unspecified atom stereocenters. The molecule has 7 nitrogen and oxygen atoms in total. The summed E-state index contributed by atoms with van der Waals surface area (Å²) in [6, 6.07) is 5.50. The first-order valence-corrected chi connectivity index (χ1v) is 11.1. The second kappa shape index (κ2) is 7.87. The van der Waals surface area contributed by atoms with E-state index in [1.807, 2.05) is 11.6 Å². The summed E-state index contributed by atoms with van der Waals surface area (Å²) in [5, 5.41) is 6.16. The zero-order valence-corrected chi connectivity index (χ0v) is 18.2. The van der Waals surface area contributed by atoms with E-state index in [1.54, 1.807) is 24.4 Å². The lowest BCUT2D eigenvalue weighted by molar-refractivity contribution is -0.00729. The van der Waals surface area contributed by atoms with Crippen molar-refractivity contribution in [3.63, 3.8) is 0 Å². The van der Waals surface area contributed by atoms with E-state index in [1.165, 1.54) is 12.8 Å². The first kappa shape index (κ1) is 19.8. The standard InChI is InChI=1S/C21H23Cl2N5O2/c1-12(27-10-15(11-27)30-18-8-13(22)6-7-17(18)23)19-25-20-16(21(29)26-19)9-24-28(20)14-4-2-3-5-14/h6-9,12,14-15H,2-5,10-11H2,1H3,(H,25,26,29)/t12-/m1/s1. The van der Waals surface area contributed by atoms with E-state index in [4.69, 9.17) is 32.9 Å². The molecule has 2 aromatic heterocycles. The Morgan fingerprint density at radius 1 is 1.23 bits per heavy atom. The van der Waals surface area contributed by atoms with Gasteiger partial charge in [0.15, 0.2) is 5.65 Å². The zero-order chi connectivity index (χ0) is 20.8. The molecule has 2 fully saturated rings. The van der Waals surface area contributed by atoms with Crippen molar-refractivity contribution in [1.82, 2.24) is 24.6 Å². The van der Waals surface area contributed by atoms with E-state index in [0.29, 0.717) is 51.8 Å². The summed E-state index contributed by atoms with van der Waals surface area (Å²) in [5.74, 6) is 1.25. The maximum absolute atomic E-state index is 12.6. The number of ether oxygens (including phenoxy) is 1. The normalized spacial score (nSPS) is 19.3. The number of rotatable bonds is 5. The molecule has 5 rings (SSSR count). The number of aromatic amines is 1. The van der Waals surface area contributed by atoms with Gasteiger partial charge in [0.05, 0.1) is 23.3 Å². The SMILES string of the molecule is C[C@H](c1nc2c(cnn2C2CCCC2)c(=O)[nH]1)N1CC(Oc2cc(Cl)ccc2Cl)C1. The van der Waals surface area contributed by atoms with Crippen LogP contribution in [0.2, 0.25) is 10.0 Å². The van der Waals surface area contributed by atoms with E-state index < -0.39 is 0 Å². The molecule has 1 N–H and O–H groups in total. The molecule has 1 aromatic carbocycles. The van der Waals surface area contributed by atoms with E-state index in [-0.39, 0.29) is 17.7 Å². The topological polar surface area (TPSA) is 76.0 Å². The second-order valence-corrected chi connectivity index (χ2v) is 9.00. The predicted octanol–water partition coefficient (Wildman–Crippen LogP) is 4.37. The Balaban J connectivity index is 1.32. The number of nitrogens with one attached hydrogen (secondary N) is 1. The molecule has 9 heteroatoms. The average molecular weight is 448 g/mol. The molecule has 158 valence electrons. The van der Waals surface area contributed by atoms with Crippen LogP contribution in [0, 0.1) is 0 Å². The monoisotopic (exact) mass is 447 g/mol. The van der Waals surface area contributed by atoms with E-state index in [9.17, 15) is 4.79 Å². The van der Waals surface area contributed by atoms with E-state index in [2.05, 4.69) is 15.0 Å². The molecule has 3 aromatic rings. The molecule has 0 bridgehead atoms. The Morgan fingerprint density at radius 2 is 2.00 bits per heavy atom. The van der Waals surface area contributed by atoms with Crippen molar-refractivity contribution in [3.8, 4) is 5.75 Å². The lowest BCUT2D eigenvalue weighted by atomic mass is 10.1. The number of aromatic nitrogens is 4. The van der Waals surface area contributed by atoms with Crippen LogP contribution in [0.1, 0.15) is 50.5 Å². The smallest absolute Gasteiger partial charge is 0.262 e. The van der Waals surface area contributed by atoms with Crippen molar-refractivity contribution in [2.75, 3.05) is 13.1 Å². The summed E-state index contributed by atoms with van der Waals surface area (Å²) in [5.41, 5.74) is 0.552. The molecule has 0 amide bonds. The van der Waals surface area contributed by atoms with E-state index >= 15 is 0 Å². The molecule has 0 spiro atoms. The highest BCUT2D eigenvalue weighted by molar-refractivity contribution is 6.34. The highest BCUT2D eigenvalue weighted by Crippen LogP contribution is 2.33. The van der Waals surface area contributed by atoms with Crippen LogP contribution in [0.5, 0.6) is 5.75 Å². The van der Waals surface area contributed by atoms with E-state index in [0.717, 1.165) is 12.8 Å². The molecule has 1 saturated carbocycles. The van der Waals surface area contributed by atoms with Crippen molar-refractivity contribution < 1.29 is 4.74 Å². The van der Waals surface area contributed by atoms with Gasteiger partial charge < -0.3 is 9.72 Å². The highest BCUT2D eigenvalue weighted by atomic mass is 35.5. The third-order valence-corrected chi connectivity index (χ3v) is 6.71. The van der Waals surface area contributed by atoms with Crippen LogP contribution in [-0.2, 0) is 0 Å². The Hall–Kier alpha value is -2.09. The molecular weight excluding hydrogens is 425 g/mol. The summed E-state index contributed by atoms with van der Waals surface area (Å²) in [6.07, 6.45) is 6.23. The molecule has 1 saturated heterocycles. The van der Waals surface area contributed by atoms with Gasteiger partial charge in [0, 0.05) is 24.2 Å². The number of hydrogen-bond donors (Lipinski definition) is 1. The Kier molecular flexibility index (Phi) is 5.21. The van der Waals surface area contributed by atoms with Crippen LogP contribution >= 0.6 is 23.2 Å². The molecular formula is C21H23Cl2N5O2. The molecule has 30 heavy (non-hydrogen) atoms. The second-order valence-electron chi connectivity index (χ2n) is 8.16. The van der Waals surface area contributed by atoms with Gasteiger partial charge in [-0.05, 0) is 31.9 Å². The first-order valence-electron chi connectivity index (χ1n) is 10.3. The van der Waals surface area contributed by atoms with Gasteiger partial charge >= 0.3 is 0 Å². The number of H-pyrrole nitrogens is 1. The lowest BCUT2D eigenvalue weighted by Gasteiger charge is -2.42. The predicted molar refractivity (Wildman–Crippen MR) is 117 cm³/mol. The Bertz CT molecular complexity index is 1130. The van der Waals surface area contributed by atoms with Gasteiger partial charge in [-0.25, -0.2) is 9.67 Å².